The second kappa shape index (κ2) is 7.48. The second-order valence-electron chi connectivity index (χ2n) is 4.30. The van der Waals surface area contributed by atoms with Crippen LogP contribution in [0, 0.1) is 5.82 Å². The topological polar surface area (TPSA) is 52.9 Å². The molecule has 0 aliphatic rings. The molecule has 0 spiro atoms. The van der Waals surface area contributed by atoms with E-state index >= 15 is 0 Å². The lowest BCUT2D eigenvalue weighted by atomic mass is 9.77. The van der Waals surface area contributed by atoms with Gasteiger partial charge in [-0.1, -0.05) is 6.07 Å². The first-order valence-electron chi connectivity index (χ1n) is 5.86. The summed E-state index contributed by atoms with van der Waals surface area (Å²) in [5.41, 5.74) is 0.930. The zero-order valence-corrected chi connectivity index (χ0v) is 10.8. The molecule has 0 heterocycles. The molecule has 0 amide bonds. The standard InChI is InChI=1S/C12H19BFNO3/c1-15(6-3-7-18-2)9-10-4-5-11(14)8-12(10)13(16)17/h4-5,8,16-17H,3,6-7,9H2,1-2H3. The molecular weight excluding hydrogens is 236 g/mol. The number of nitrogens with zero attached hydrogens (tertiary/aromatic N) is 1. The molecule has 0 saturated heterocycles. The summed E-state index contributed by atoms with van der Waals surface area (Å²) in [6.45, 7) is 2.05. The normalized spacial score (nSPS) is 11.0. The van der Waals surface area contributed by atoms with Crippen LogP contribution in [0.5, 0.6) is 0 Å². The van der Waals surface area contributed by atoms with Crippen molar-refractivity contribution in [3.05, 3.63) is 29.6 Å². The molecule has 1 aromatic rings. The quantitative estimate of drug-likeness (QED) is 0.531. The van der Waals surface area contributed by atoms with Gasteiger partial charge in [0.15, 0.2) is 0 Å². The predicted molar refractivity (Wildman–Crippen MR) is 69.1 cm³/mol. The highest BCUT2D eigenvalue weighted by atomic mass is 19.1. The van der Waals surface area contributed by atoms with Crippen LogP contribution in [0.3, 0.4) is 0 Å². The number of ether oxygens (including phenoxy) is 1. The minimum atomic E-state index is -1.65. The highest BCUT2D eigenvalue weighted by molar-refractivity contribution is 6.59. The van der Waals surface area contributed by atoms with Crippen molar-refractivity contribution in [1.82, 2.24) is 4.90 Å². The number of rotatable bonds is 7. The van der Waals surface area contributed by atoms with Crippen LogP contribution in [-0.2, 0) is 11.3 Å². The summed E-state index contributed by atoms with van der Waals surface area (Å²) >= 11 is 0. The van der Waals surface area contributed by atoms with Gasteiger partial charge in [0, 0.05) is 26.8 Å². The Morgan fingerprint density at radius 2 is 2.11 bits per heavy atom. The first-order chi connectivity index (χ1) is 8.54. The SMILES string of the molecule is COCCCN(C)Cc1ccc(F)cc1B(O)O. The van der Waals surface area contributed by atoms with Crippen molar-refractivity contribution in [2.24, 2.45) is 0 Å². The Hall–Kier alpha value is -0.945. The molecule has 100 valence electrons. The van der Waals surface area contributed by atoms with Gasteiger partial charge in [-0.2, -0.15) is 0 Å². The Morgan fingerprint density at radius 3 is 2.72 bits per heavy atom. The van der Waals surface area contributed by atoms with E-state index in [0.717, 1.165) is 19.0 Å². The molecule has 0 atom stereocenters. The van der Waals surface area contributed by atoms with Crippen molar-refractivity contribution in [1.29, 1.82) is 0 Å². The van der Waals surface area contributed by atoms with Crippen molar-refractivity contribution >= 4 is 12.6 Å². The predicted octanol–water partition coefficient (Wildman–Crippen LogP) is -0.0262. The van der Waals surface area contributed by atoms with E-state index in [9.17, 15) is 14.4 Å². The zero-order chi connectivity index (χ0) is 13.5. The Bertz CT molecular complexity index is 376. The fraction of sp³-hybridized carbons (Fsp3) is 0.500. The minimum absolute atomic E-state index is 0.216. The molecule has 0 aliphatic heterocycles. The number of hydrogen-bond donors (Lipinski definition) is 2. The summed E-state index contributed by atoms with van der Waals surface area (Å²) in [4.78, 5) is 2.03. The summed E-state index contributed by atoms with van der Waals surface area (Å²) in [5.74, 6) is -0.469. The van der Waals surface area contributed by atoms with Crippen LogP contribution >= 0.6 is 0 Å². The van der Waals surface area contributed by atoms with Crippen LogP contribution in [0.25, 0.3) is 0 Å². The highest BCUT2D eigenvalue weighted by Crippen LogP contribution is 2.05. The summed E-state index contributed by atoms with van der Waals surface area (Å²) in [6, 6.07) is 4.06. The van der Waals surface area contributed by atoms with Crippen molar-refractivity contribution in [3.8, 4) is 0 Å². The molecule has 0 radical (unpaired) electrons. The van der Waals surface area contributed by atoms with Crippen LogP contribution in [0.2, 0.25) is 0 Å². The number of benzene rings is 1. The number of methoxy groups -OCH3 is 1. The molecule has 0 bridgehead atoms. The van der Waals surface area contributed by atoms with Crippen molar-refractivity contribution in [2.45, 2.75) is 13.0 Å². The first-order valence-corrected chi connectivity index (χ1v) is 5.86. The van der Waals surface area contributed by atoms with Crippen LogP contribution in [0.15, 0.2) is 18.2 Å². The molecule has 4 nitrogen and oxygen atoms in total. The van der Waals surface area contributed by atoms with Crippen LogP contribution in [0.4, 0.5) is 4.39 Å². The summed E-state index contributed by atoms with van der Waals surface area (Å²) < 4.78 is 18.0. The largest absolute Gasteiger partial charge is 0.488 e. The smallest absolute Gasteiger partial charge is 0.423 e. The molecule has 18 heavy (non-hydrogen) atoms. The fourth-order valence-electron chi connectivity index (χ4n) is 1.80. The Morgan fingerprint density at radius 1 is 1.39 bits per heavy atom. The maximum atomic E-state index is 13.0. The van der Waals surface area contributed by atoms with E-state index in [2.05, 4.69) is 0 Å². The Labute approximate surface area is 107 Å². The molecule has 0 aromatic heterocycles. The monoisotopic (exact) mass is 255 g/mol. The van der Waals surface area contributed by atoms with Gasteiger partial charge in [0.05, 0.1) is 0 Å². The van der Waals surface area contributed by atoms with Gasteiger partial charge < -0.3 is 19.7 Å². The highest BCUT2D eigenvalue weighted by Gasteiger charge is 2.17. The summed E-state index contributed by atoms with van der Waals surface area (Å²) in [5, 5.41) is 18.4. The van der Waals surface area contributed by atoms with Crippen molar-refractivity contribution in [2.75, 3.05) is 27.3 Å². The molecule has 1 aromatic carbocycles. The van der Waals surface area contributed by atoms with E-state index in [1.165, 1.54) is 6.07 Å². The molecule has 0 aliphatic carbocycles. The Kier molecular flexibility index (Phi) is 6.28. The van der Waals surface area contributed by atoms with Gasteiger partial charge in [0.25, 0.3) is 0 Å². The van der Waals surface area contributed by atoms with Crippen LogP contribution in [0.1, 0.15) is 12.0 Å². The first kappa shape index (κ1) is 15.1. The zero-order valence-electron chi connectivity index (χ0n) is 10.8. The van der Waals surface area contributed by atoms with E-state index in [4.69, 9.17) is 4.74 Å². The third-order valence-electron chi connectivity index (χ3n) is 2.71. The molecule has 0 unspecified atom stereocenters. The lowest BCUT2D eigenvalue weighted by Crippen LogP contribution is -2.35. The van der Waals surface area contributed by atoms with Gasteiger partial charge >= 0.3 is 7.12 Å². The third kappa shape index (κ3) is 4.74. The fourth-order valence-corrected chi connectivity index (χ4v) is 1.80. The van der Waals surface area contributed by atoms with Gasteiger partial charge in [0.2, 0.25) is 0 Å². The van der Waals surface area contributed by atoms with Crippen LogP contribution < -0.4 is 5.46 Å². The maximum Gasteiger partial charge on any atom is 0.488 e. The van der Waals surface area contributed by atoms with Gasteiger partial charge in [0.1, 0.15) is 5.82 Å². The Balaban J connectivity index is 2.65. The van der Waals surface area contributed by atoms with Gasteiger partial charge in [-0.25, -0.2) is 4.39 Å². The van der Waals surface area contributed by atoms with Crippen molar-refractivity contribution < 1.29 is 19.2 Å². The lowest BCUT2D eigenvalue weighted by molar-refractivity contribution is 0.178. The number of hydrogen-bond acceptors (Lipinski definition) is 4. The average molecular weight is 255 g/mol. The summed E-state index contributed by atoms with van der Waals surface area (Å²) in [6.07, 6.45) is 0.894. The molecule has 0 fully saturated rings. The van der Waals surface area contributed by atoms with E-state index in [1.54, 1.807) is 13.2 Å². The van der Waals surface area contributed by atoms with Gasteiger partial charge in [-0.05, 0) is 36.6 Å². The second-order valence-corrected chi connectivity index (χ2v) is 4.30. The third-order valence-corrected chi connectivity index (χ3v) is 2.71. The molecular formula is C12H19BFNO3. The van der Waals surface area contributed by atoms with Crippen LogP contribution in [-0.4, -0.2) is 49.4 Å². The van der Waals surface area contributed by atoms with E-state index < -0.39 is 12.9 Å². The molecule has 6 heteroatoms. The maximum absolute atomic E-state index is 13.0. The van der Waals surface area contributed by atoms with Gasteiger partial charge in [-0.3, -0.25) is 0 Å². The summed E-state index contributed by atoms with van der Waals surface area (Å²) in [7, 11) is 1.93. The van der Waals surface area contributed by atoms with Gasteiger partial charge in [-0.15, -0.1) is 0 Å². The average Bonchev–Trinajstić information content (AvgIpc) is 2.31. The number of halogens is 1. The van der Waals surface area contributed by atoms with E-state index in [1.807, 2.05) is 11.9 Å². The molecule has 2 N–H and O–H groups in total. The lowest BCUT2D eigenvalue weighted by Gasteiger charge is -2.18. The minimum Gasteiger partial charge on any atom is -0.423 e. The van der Waals surface area contributed by atoms with Crippen molar-refractivity contribution in [3.63, 3.8) is 0 Å². The molecule has 0 saturated carbocycles. The van der Waals surface area contributed by atoms with E-state index in [0.29, 0.717) is 18.7 Å². The van der Waals surface area contributed by atoms with E-state index in [-0.39, 0.29) is 5.46 Å². The molecule has 1 rings (SSSR count).